The molecule has 1 saturated heterocycles. The molecular formula is C23H31ClFN3O4. The van der Waals surface area contributed by atoms with Gasteiger partial charge in [0.05, 0.1) is 6.10 Å². The summed E-state index contributed by atoms with van der Waals surface area (Å²) in [5.74, 6) is -0.570. The molecule has 176 valence electrons. The van der Waals surface area contributed by atoms with Gasteiger partial charge in [-0.2, -0.15) is 0 Å². The lowest BCUT2D eigenvalue weighted by Gasteiger charge is -2.32. The number of rotatable bonds is 6. The van der Waals surface area contributed by atoms with Crippen molar-refractivity contribution in [2.45, 2.75) is 70.7 Å². The summed E-state index contributed by atoms with van der Waals surface area (Å²) in [6, 6.07) is 3.51. The Morgan fingerprint density at radius 1 is 1.38 bits per heavy atom. The molecule has 2 aromatic rings. The van der Waals surface area contributed by atoms with E-state index in [-0.39, 0.29) is 17.8 Å². The predicted molar refractivity (Wildman–Crippen MR) is 121 cm³/mol. The van der Waals surface area contributed by atoms with Gasteiger partial charge in [-0.25, -0.2) is 9.18 Å². The van der Waals surface area contributed by atoms with E-state index >= 15 is 0 Å². The number of aromatic nitrogens is 1. The SMILES string of the molecule is COC(C)C(NC(=O)OC(C)(C)C)C(=O)N1CCCC1Cc1c(Cl)[nH]c2cc(F)ccc12. The molecule has 3 rings (SSSR count). The minimum atomic E-state index is -0.886. The summed E-state index contributed by atoms with van der Waals surface area (Å²) in [5.41, 5.74) is 0.789. The topological polar surface area (TPSA) is 83.7 Å². The highest BCUT2D eigenvalue weighted by atomic mass is 35.5. The van der Waals surface area contributed by atoms with Crippen LogP contribution in [0.15, 0.2) is 18.2 Å². The summed E-state index contributed by atoms with van der Waals surface area (Å²) in [6.07, 6.45) is 0.951. The molecule has 0 aliphatic carbocycles. The third kappa shape index (κ3) is 5.53. The Kier molecular flexibility index (Phi) is 7.35. The summed E-state index contributed by atoms with van der Waals surface area (Å²) in [5, 5.41) is 3.96. The van der Waals surface area contributed by atoms with Gasteiger partial charge in [0.2, 0.25) is 5.91 Å². The zero-order valence-electron chi connectivity index (χ0n) is 19.1. The van der Waals surface area contributed by atoms with Crippen LogP contribution >= 0.6 is 11.6 Å². The molecule has 1 aliphatic rings. The van der Waals surface area contributed by atoms with Crippen LogP contribution in [-0.2, 0) is 20.7 Å². The number of ether oxygens (including phenoxy) is 2. The Labute approximate surface area is 192 Å². The molecule has 0 radical (unpaired) electrons. The van der Waals surface area contributed by atoms with Gasteiger partial charge in [0, 0.05) is 30.6 Å². The number of aromatic amines is 1. The van der Waals surface area contributed by atoms with Crippen molar-refractivity contribution in [2.24, 2.45) is 0 Å². The van der Waals surface area contributed by atoms with Gasteiger partial charge in [-0.05, 0) is 70.7 Å². The molecule has 0 spiro atoms. The van der Waals surface area contributed by atoms with Crippen LogP contribution in [0, 0.1) is 5.82 Å². The van der Waals surface area contributed by atoms with Crippen LogP contribution in [0.4, 0.5) is 9.18 Å². The number of benzene rings is 1. The fourth-order valence-electron chi connectivity index (χ4n) is 4.10. The number of hydrogen-bond acceptors (Lipinski definition) is 4. The molecule has 3 unspecified atom stereocenters. The van der Waals surface area contributed by atoms with Gasteiger partial charge in [-0.1, -0.05) is 11.6 Å². The number of carbonyl (C=O) groups is 2. The van der Waals surface area contributed by atoms with E-state index in [2.05, 4.69) is 10.3 Å². The number of likely N-dealkylation sites (tertiary alicyclic amines) is 1. The Bertz CT molecular complexity index is 988. The van der Waals surface area contributed by atoms with E-state index in [4.69, 9.17) is 21.1 Å². The van der Waals surface area contributed by atoms with Crippen LogP contribution in [0.3, 0.4) is 0 Å². The molecule has 32 heavy (non-hydrogen) atoms. The van der Waals surface area contributed by atoms with Crippen molar-refractivity contribution in [3.05, 3.63) is 34.7 Å². The normalized spacial score (nSPS) is 18.6. The third-order valence-corrected chi connectivity index (χ3v) is 6.02. The molecule has 2 N–H and O–H groups in total. The summed E-state index contributed by atoms with van der Waals surface area (Å²) in [4.78, 5) is 30.6. The van der Waals surface area contributed by atoms with E-state index < -0.39 is 23.8 Å². The predicted octanol–water partition coefficient (Wildman–Crippen LogP) is 4.42. The maximum atomic E-state index is 13.6. The second-order valence-electron chi connectivity index (χ2n) is 9.20. The highest BCUT2D eigenvalue weighted by Gasteiger charge is 2.38. The van der Waals surface area contributed by atoms with Crippen LogP contribution in [0.25, 0.3) is 10.9 Å². The van der Waals surface area contributed by atoms with Gasteiger partial charge in [0.1, 0.15) is 22.6 Å². The van der Waals surface area contributed by atoms with Gasteiger partial charge in [0.25, 0.3) is 0 Å². The number of amides is 2. The zero-order valence-corrected chi connectivity index (χ0v) is 19.9. The zero-order chi connectivity index (χ0) is 23.6. The highest BCUT2D eigenvalue weighted by molar-refractivity contribution is 6.31. The minimum absolute atomic E-state index is 0.101. The molecule has 7 nitrogen and oxygen atoms in total. The number of alkyl carbamates (subject to hydrolysis) is 1. The van der Waals surface area contributed by atoms with Gasteiger partial charge in [-0.15, -0.1) is 0 Å². The minimum Gasteiger partial charge on any atom is -0.444 e. The van der Waals surface area contributed by atoms with Crippen LogP contribution < -0.4 is 5.32 Å². The maximum absolute atomic E-state index is 13.6. The molecule has 0 bridgehead atoms. The van der Waals surface area contributed by atoms with Crippen molar-refractivity contribution in [1.82, 2.24) is 15.2 Å². The molecule has 3 atom stereocenters. The number of H-pyrrole nitrogens is 1. The molecule has 1 aliphatic heterocycles. The molecule has 1 aromatic heterocycles. The lowest BCUT2D eigenvalue weighted by Crippen LogP contribution is -2.56. The number of methoxy groups -OCH3 is 1. The maximum Gasteiger partial charge on any atom is 0.408 e. The molecule has 1 aromatic carbocycles. The summed E-state index contributed by atoms with van der Waals surface area (Å²) in [7, 11) is 1.49. The van der Waals surface area contributed by atoms with Crippen molar-refractivity contribution < 1.29 is 23.5 Å². The fourth-order valence-corrected chi connectivity index (χ4v) is 4.38. The quantitative estimate of drug-likeness (QED) is 0.658. The van der Waals surface area contributed by atoms with Gasteiger partial charge >= 0.3 is 6.09 Å². The lowest BCUT2D eigenvalue weighted by molar-refractivity contribution is -0.137. The molecule has 2 amide bonds. The highest BCUT2D eigenvalue weighted by Crippen LogP contribution is 2.31. The van der Waals surface area contributed by atoms with Crippen molar-refractivity contribution in [1.29, 1.82) is 0 Å². The Morgan fingerprint density at radius 2 is 2.09 bits per heavy atom. The second-order valence-corrected chi connectivity index (χ2v) is 9.58. The summed E-state index contributed by atoms with van der Waals surface area (Å²) >= 11 is 6.42. The van der Waals surface area contributed by atoms with Crippen molar-refractivity contribution >= 4 is 34.5 Å². The van der Waals surface area contributed by atoms with Crippen molar-refractivity contribution in [3.63, 3.8) is 0 Å². The summed E-state index contributed by atoms with van der Waals surface area (Å²) in [6.45, 7) is 7.58. The van der Waals surface area contributed by atoms with Crippen LogP contribution in [0.1, 0.15) is 46.1 Å². The number of nitrogens with one attached hydrogen (secondary N) is 2. The largest absolute Gasteiger partial charge is 0.444 e. The first-order chi connectivity index (χ1) is 15.0. The number of halogens is 2. The molecule has 2 heterocycles. The van der Waals surface area contributed by atoms with E-state index in [1.54, 1.807) is 38.7 Å². The van der Waals surface area contributed by atoms with E-state index in [1.807, 2.05) is 0 Å². The van der Waals surface area contributed by atoms with Crippen molar-refractivity contribution in [3.8, 4) is 0 Å². The van der Waals surface area contributed by atoms with E-state index in [0.29, 0.717) is 23.6 Å². The average Bonchev–Trinajstić information content (AvgIpc) is 3.28. The van der Waals surface area contributed by atoms with E-state index in [9.17, 15) is 14.0 Å². The van der Waals surface area contributed by atoms with Gasteiger partial charge < -0.3 is 24.7 Å². The van der Waals surface area contributed by atoms with Crippen molar-refractivity contribution in [2.75, 3.05) is 13.7 Å². The Hall–Kier alpha value is -2.32. The molecule has 0 saturated carbocycles. The number of nitrogens with zero attached hydrogens (tertiary/aromatic N) is 1. The fraction of sp³-hybridized carbons (Fsp3) is 0.565. The Balaban J connectivity index is 1.80. The first kappa shape index (κ1) is 24.3. The molecule has 1 fully saturated rings. The first-order valence-electron chi connectivity index (χ1n) is 10.8. The number of carbonyl (C=O) groups excluding carboxylic acids is 2. The average molecular weight is 468 g/mol. The smallest absolute Gasteiger partial charge is 0.408 e. The molecular weight excluding hydrogens is 437 g/mol. The third-order valence-electron chi connectivity index (χ3n) is 5.70. The van der Waals surface area contributed by atoms with E-state index in [1.165, 1.54) is 19.2 Å². The van der Waals surface area contributed by atoms with Crippen LogP contribution in [0.2, 0.25) is 5.15 Å². The second kappa shape index (κ2) is 9.67. The molecule has 9 heteroatoms. The monoisotopic (exact) mass is 467 g/mol. The van der Waals surface area contributed by atoms with Crippen LogP contribution in [0.5, 0.6) is 0 Å². The van der Waals surface area contributed by atoms with Gasteiger partial charge in [-0.3, -0.25) is 4.79 Å². The number of fused-ring (bicyclic) bond motifs is 1. The standard InChI is InChI=1S/C23H31ClFN3O4/c1-13(31-5)19(27-22(30)32-23(2,3)4)21(29)28-10-6-7-15(28)12-17-16-9-8-14(25)11-18(16)26-20(17)24/h8-9,11,13,15,19,26H,6-7,10,12H2,1-5H3,(H,27,30). The van der Waals surface area contributed by atoms with Gasteiger partial charge in [0.15, 0.2) is 0 Å². The first-order valence-corrected chi connectivity index (χ1v) is 11.2. The van der Waals surface area contributed by atoms with Crippen LogP contribution in [-0.4, -0.2) is 59.3 Å². The number of hydrogen-bond donors (Lipinski definition) is 2. The summed E-state index contributed by atoms with van der Waals surface area (Å²) < 4.78 is 24.3. The van der Waals surface area contributed by atoms with E-state index in [0.717, 1.165) is 23.8 Å². The lowest BCUT2D eigenvalue weighted by atomic mass is 10.0. The Morgan fingerprint density at radius 3 is 2.75 bits per heavy atom.